The van der Waals surface area contributed by atoms with Crippen LogP contribution < -0.4 is 10.2 Å². The zero-order chi connectivity index (χ0) is 13.1. The fourth-order valence-electron chi connectivity index (χ4n) is 3.08. The van der Waals surface area contributed by atoms with E-state index in [9.17, 15) is 0 Å². The van der Waals surface area contributed by atoms with Gasteiger partial charge in [-0.2, -0.15) is 0 Å². The van der Waals surface area contributed by atoms with Crippen LogP contribution in [0, 0.1) is 0 Å². The fraction of sp³-hybridized carbons (Fsp3) is 0.714. The number of ether oxygens (including phenoxy) is 1. The number of morpholine rings is 1. The fourth-order valence-corrected chi connectivity index (χ4v) is 3.08. The Kier molecular flexibility index (Phi) is 3.94. The average Bonchev–Trinajstić information content (AvgIpc) is 2.93. The molecule has 5 heteroatoms. The van der Waals surface area contributed by atoms with Crippen molar-refractivity contribution in [2.75, 3.05) is 24.6 Å². The highest BCUT2D eigenvalue weighted by Gasteiger charge is 2.36. The van der Waals surface area contributed by atoms with E-state index in [0.717, 1.165) is 37.8 Å². The summed E-state index contributed by atoms with van der Waals surface area (Å²) in [5.74, 6) is 1.01. The van der Waals surface area contributed by atoms with Crippen molar-refractivity contribution < 1.29 is 4.74 Å². The molecule has 1 aliphatic carbocycles. The standard InChI is InChI=1S/C14H22N4O/c1-2-15-8-11-9-16-10-14(17-11)18-6-7-19-13-5-3-4-12(13)18/h9-10,12-13,15H,2-8H2,1H3. The SMILES string of the molecule is CCNCc1cncc(N2CCOC3CCCC32)n1. The van der Waals surface area contributed by atoms with E-state index in [2.05, 4.69) is 22.1 Å². The summed E-state index contributed by atoms with van der Waals surface area (Å²) in [6.07, 6.45) is 7.79. The molecule has 0 aromatic carbocycles. The summed E-state index contributed by atoms with van der Waals surface area (Å²) in [7, 11) is 0. The molecular formula is C14H22N4O. The van der Waals surface area contributed by atoms with E-state index in [4.69, 9.17) is 9.72 Å². The molecule has 2 heterocycles. The number of anilines is 1. The van der Waals surface area contributed by atoms with Gasteiger partial charge >= 0.3 is 0 Å². The highest BCUT2D eigenvalue weighted by molar-refractivity contribution is 5.39. The zero-order valence-corrected chi connectivity index (χ0v) is 11.5. The number of hydrogen-bond donors (Lipinski definition) is 1. The molecule has 1 aromatic rings. The molecule has 1 saturated heterocycles. The molecule has 19 heavy (non-hydrogen) atoms. The molecule has 2 fully saturated rings. The van der Waals surface area contributed by atoms with Crippen LogP contribution in [0.15, 0.2) is 12.4 Å². The quantitative estimate of drug-likeness (QED) is 0.887. The van der Waals surface area contributed by atoms with Gasteiger partial charge in [0.2, 0.25) is 0 Å². The number of hydrogen-bond acceptors (Lipinski definition) is 5. The Morgan fingerprint density at radius 1 is 1.42 bits per heavy atom. The monoisotopic (exact) mass is 262 g/mol. The van der Waals surface area contributed by atoms with Gasteiger partial charge in [0.1, 0.15) is 5.82 Å². The van der Waals surface area contributed by atoms with Crippen molar-refractivity contribution in [2.24, 2.45) is 0 Å². The van der Waals surface area contributed by atoms with E-state index in [0.29, 0.717) is 12.1 Å². The normalized spacial score (nSPS) is 26.5. The van der Waals surface area contributed by atoms with E-state index < -0.39 is 0 Å². The molecule has 1 aliphatic heterocycles. The number of aromatic nitrogens is 2. The van der Waals surface area contributed by atoms with E-state index in [1.807, 2.05) is 12.4 Å². The topological polar surface area (TPSA) is 50.3 Å². The van der Waals surface area contributed by atoms with Crippen LogP contribution in [0.25, 0.3) is 0 Å². The zero-order valence-electron chi connectivity index (χ0n) is 11.5. The lowest BCUT2D eigenvalue weighted by atomic mass is 10.1. The molecule has 1 aromatic heterocycles. The Balaban J connectivity index is 1.76. The Bertz CT molecular complexity index is 426. The minimum atomic E-state index is 0.396. The van der Waals surface area contributed by atoms with E-state index in [-0.39, 0.29) is 0 Å². The first-order valence-electron chi connectivity index (χ1n) is 7.28. The summed E-state index contributed by atoms with van der Waals surface area (Å²) in [4.78, 5) is 11.5. The van der Waals surface area contributed by atoms with Gasteiger partial charge in [-0.05, 0) is 25.8 Å². The van der Waals surface area contributed by atoms with Crippen LogP contribution in [0.4, 0.5) is 5.82 Å². The van der Waals surface area contributed by atoms with Gasteiger partial charge in [-0.25, -0.2) is 4.98 Å². The molecule has 3 rings (SSSR count). The van der Waals surface area contributed by atoms with Gasteiger partial charge in [-0.15, -0.1) is 0 Å². The second-order valence-corrected chi connectivity index (χ2v) is 5.25. The predicted octanol–water partition coefficient (Wildman–Crippen LogP) is 1.34. The van der Waals surface area contributed by atoms with Gasteiger partial charge in [0, 0.05) is 19.3 Å². The number of nitrogens with zero attached hydrogens (tertiary/aromatic N) is 3. The van der Waals surface area contributed by atoms with Crippen LogP contribution in [-0.4, -0.2) is 41.8 Å². The lowest BCUT2D eigenvalue weighted by molar-refractivity contribution is 0.0253. The molecule has 0 radical (unpaired) electrons. The molecule has 2 atom stereocenters. The predicted molar refractivity (Wildman–Crippen MR) is 74.1 cm³/mol. The van der Waals surface area contributed by atoms with Crippen molar-refractivity contribution in [1.29, 1.82) is 0 Å². The lowest BCUT2D eigenvalue weighted by Crippen LogP contribution is -2.49. The lowest BCUT2D eigenvalue weighted by Gasteiger charge is -2.38. The van der Waals surface area contributed by atoms with E-state index in [1.54, 1.807) is 0 Å². The smallest absolute Gasteiger partial charge is 0.147 e. The van der Waals surface area contributed by atoms with Gasteiger partial charge in [-0.3, -0.25) is 4.98 Å². The molecule has 0 bridgehead atoms. The summed E-state index contributed by atoms with van der Waals surface area (Å²) in [6, 6.07) is 0.498. The molecule has 2 unspecified atom stereocenters. The first kappa shape index (κ1) is 12.8. The van der Waals surface area contributed by atoms with Gasteiger partial charge in [-0.1, -0.05) is 6.92 Å². The Morgan fingerprint density at radius 2 is 2.37 bits per heavy atom. The maximum absolute atomic E-state index is 5.85. The van der Waals surface area contributed by atoms with Crippen molar-refractivity contribution in [3.63, 3.8) is 0 Å². The van der Waals surface area contributed by atoms with Crippen LogP contribution in [0.2, 0.25) is 0 Å². The van der Waals surface area contributed by atoms with Crippen molar-refractivity contribution in [2.45, 2.75) is 44.9 Å². The van der Waals surface area contributed by atoms with Crippen molar-refractivity contribution in [3.05, 3.63) is 18.1 Å². The number of fused-ring (bicyclic) bond motifs is 1. The minimum absolute atomic E-state index is 0.396. The number of rotatable bonds is 4. The molecule has 1 N–H and O–H groups in total. The molecule has 0 spiro atoms. The van der Waals surface area contributed by atoms with Crippen LogP contribution in [0.3, 0.4) is 0 Å². The van der Waals surface area contributed by atoms with Crippen LogP contribution in [-0.2, 0) is 11.3 Å². The van der Waals surface area contributed by atoms with E-state index >= 15 is 0 Å². The van der Waals surface area contributed by atoms with Gasteiger partial charge < -0.3 is 15.0 Å². The minimum Gasteiger partial charge on any atom is -0.374 e. The highest BCUT2D eigenvalue weighted by atomic mass is 16.5. The maximum atomic E-state index is 5.85. The summed E-state index contributed by atoms with van der Waals surface area (Å²) >= 11 is 0. The maximum Gasteiger partial charge on any atom is 0.147 e. The first-order chi connectivity index (χ1) is 9.38. The molecule has 5 nitrogen and oxygen atoms in total. The molecular weight excluding hydrogens is 240 g/mol. The molecule has 1 saturated carbocycles. The largest absolute Gasteiger partial charge is 0.374 e. The Morgan fingerprint density at radius 3 is 3.26 bits per heavy atom. The molecule has 104 valence electrons. The average molecular weight is 262 g/mol. The summed E-state index contributed by atoms with van der Waals surface area (Å²) in [6.45, 7) is 5.58. The van der Waals surface area contributed by atoms with Crippen molar-refractivity contribution in [3.8, 4) is 0 Å². The van der Waals surface area contributed by atoms with Crippen LogP contribution in [0.5, 0.6) is 0 Å². The van der Waals surface area contributed by atoms with Crippen molar-refractivity contribution >= 4 is 5.82 Å². The van der Waals surface area contributed by atoms with Gasteiger partial charge in [0.15, 0.2) is 0 Å². The van der Waals surface area contributed by atoms with Crippen LogP contribution in [0.1, 0.15) is 31.9 Å². The molecule has 2 aliphatic rings. The second-order valence-electron chi connectivity index (χ2n) is 5.25. The third-order valence-electron chi connectivity index (χ3n) is 4.00. The third-order valence-corrected chi connectivity index (χ3v) is 4.00. The first-order valence-corrected chi connectivity index (χ1v) is 7.28. The van der Waals surface area contributed by atoms with Crippen LogP contribution >= 0.6 is 0 Å². The second kappa shape index (κ2) is 5.84. The summed E-state index contributed by atoms with van der Waals surface area (Å²) < 4.78 is 5.85. The van der Waals surface area contributed by atoms with Gasteiger partial charge in [0.25, 0.3) is 0 Å². The third kappa shape index (κ3) is 2.72. The van der Waals surface area contributed by atoms with E-state index in [1.165, 1.54) is 19.3 Å². The summed E-state index contributed by atoms with van der Waals surface area (Å²) in [5, 5.41) is 3.30. The highest BCUT2D eigenvalue weighted by Crippen LogP contribution is 2.32. The Labute approximate surface area is 114 Å². The summed E-state index contributed by atoms with van der Waals surface area (Å²) in [5.41, 5.74) is 1.01. The number of nitrogens with one attached hydrogen (secondary N) is 1. The molecule has 0 amide bonds. The van der Waals surface area contributed by atoms with Crippen molar-refractivity contribution in [1.82, 2.24) is 15.3 Å². The Hall–Kier alpha value is -1.20. The van der Waals surface area contributed by atoms with Gasteiger partial charge in [0.05, 0.1) is 30.6 Å².